The molecule has 1 heterocycles. The van der Waals surface area contributed by atoms with E-state index in [1.807, 2.05) is 87.7 Å². The first kappa shape index (κ1) is 33.2. The molecule has 0 unspecified atom stereocenters. The molecule has 0 saturated carbocycles. The molecule has 47 heavy (non-hydrogen) atoms. The number of aromatic nitrogens is 1. The Hall–Kier alpha value is -5.19. The molecule has 0 atom stereocenters. The average Bonchev–Trinajstić information content (AvgIpc) is 3.52. The second-order valence-electron chi connectivity index (χ2n) is 10.7. The van der Waals surface area contributed by atoms with Crippen molar-refractivity contribution in [3.05, 3.63) is 117 Å². The van der Waals surface area contributed by atoms with Gasteiger partial charge in [0.2, 0.25) is 0 Å². The number of amides is 2. The lowest BCUT2D eigenvalue weighted by Crippen LogP contribution is -2.21. The summed E-state index contributed by atoms with van der Waals surface area (Å²) in [6.07, 6.45) is 1.45. The van der Waals surface area contributed by atoms with Gasteiger partial charge in [0.1, 0.15) is 0 Å². The molecule has 9 nitrogen and oxygen atoms in total. The molecule has 240 valence electrons. The maximum atomic E-state index is 12.8. The zero-order valence-corrected chi connectivity index (χ0v) is 28.0. The highest BCUT2D eigenvalue weighted by Gasteiger charge is 2.15. The van der Waals surface area contributed by atoms with Crippen LogP contribution in [0.4, 0.5) is 16.5 Å². The van der Waals surface area contributed by atoms with Crippen molar-refractivity contribution in [2.24, 2.45) is 5.10 Å². The molecule has 0 saturated heterocycles. The predicted octanol–water partition coefficient (Wildman–Crippen LogP) is 8.31. The minimum atomic E-state index is -0.376. The summed E-state index contributed by atoms with van der Waals surface area (Å²) in [5, 5.41) is 13.3. The molecule has 5 aromatic rings. The van der Waals surface area contributed by atoms with Crippen LogP contribution in [0, 0.1) is 20.8 Å². The largest absolute Gasteiger partial charge is 0.490 e. The number of hydrazone groups is 1. The van der Waals surface area contributed by atoms with Gasteiger partial charge < -0.3 is 20.1 Å². The van der Waals surface area contributed by atoms with Gasteiger partial charge in [-0.05, 0) is 86.8 Å². The number of hydrogen-bond acceptors (Lipinski definition) is 8. The van der Waals surface area contributed by atoms with Crippen LogP contribution in [0.25, 0.3) is 11.3 Å². The Labute approximate surface area is 282 Å². The van der Waals surface area contributed by atoms with Gasteiger partial charge in [0, 0.05) is 27.9 Å². The first-order valence-corrected chi connectivity index (χ1v) is 16.1. The van der Waals surface area contributed by atoms with Gasteiger partial charge in [0.05, 0.1) is 23.5 Å². The van der Waals surface area contributed by atoms with Gasteiger partial charge in [0.25, 0.3) is 11.8 Å². The molecule has 0 radical (unpaired) electrons. The molecule has 5 rings (SSSR count). The molecule has 0 spiro atoms. The zero-order chi connectivity index (χ0) is 33.3. The number of thiazole rings is 1. The molecular weight excluding hydrogens is 634 g/mol. The third kappa shape index (κ3) is 8.96. The summed E-state index contributed by atoms with van der Waals surface area (Å²) < 4.78 is 11.5. The Balaban J connectivity index is 1.17. The van der Waals surface area contributed by atoms with Crippen molar-refractivity contribution in [1.29, 1.82) is 0 Å². The molecular formula is C36H34ClN5O4S. The number of benzene rings is 4. The lowest BCUT2D eigenvalue weighted by molar-refractivity contribution is -0.118. The summed E-state index contributed by atoms with van der Waals surface area (Å²) in [6.45, 7) is 7.84. The lowest BCUT2D eigenvalue weighted by atomic mass is 10.1. The van der Waals surface area contributed by atoms with E-state index in [1.54, 1.807) is 24.3 Å². The van der Waals surface area contributed by atoms with E-state index in [0.717, 1.165) is 38.9 Å². The SMILES string of the molecule is CCOc1cc(/C=N/NC(=O)c2ccc(-c3csc(Nc4ccc(C)cc4)n3)cc2)cc(Cl)c1OCC(=O)Nc1cc(C)ccc1C. The quantitative estimate of drug-likeness (QED) is 0.0911. The molecule has 2 amide bonds. The van der Waals surface area contributed by atoms with Gasteiger partial charge in [-0.25, -0.2) is 10.4 Å². The number of aryl methyl sites for hydroxylation is 3. The normalized spacial score (nSPS) is 10.9. The Morgan fingerprint density at radius 3 is 2.43 bits per heavy atom. The fourth-order valence-electron chi connectivity index (χ4n) is 4.51. The first-order valence-electron chi connectivity index (χ1n) is 14.9. The second-order valence-corrected chi connectivity index (χ2v) is 12.0. The van der Waals surface area contributed by atoms with E-state index in [-0.39, 0.29) is 29.2 Å². The average molecular weight is 668 g/mol. The van der Waals surface area contributed by atoms with Crippen molar-refractivity contribution in [3.8, 4) is 22.8 Å². The number of nitrogens with zero attached hydrogens (tertiary/aromatic N) is 2. The fourth-order valence-corrected chi connectivity index (χ4v) is 5.52. The molecule has 0 bridgehead atoms. The van der Waals surface area contributed by atoms with Crippen LogP contribution in [0.3, 0.4) is 0 Å². The Morgan fingerprint density at radius 2 is 1.68 bits per heavy atom. The smallest absolute Gasteiger partial charge is 0.271 e. The molecule has 4 aromatic carbocycles. The van der Waals surface area contributed by atoms with Crippen molar-refractivity contribution in [1.82, 2.24) is 10.4 Å². The van der Waals surface area contributed by atoms with Crippen LogP contribution in [0.5, 0.6) is 11.5 Å². The summed E-state index contributed by atoms with van der Waals surface area (Å²) in [4.78, 5) is 30.0. The number of halogens is 1. The van der Waals surface area contributed by atoms with E-state index in [0.29, 0.717) is 23.5 Å². The van der Waals surface area contributed by atoms with Gasteiger partial charge in [-0.2, -0.15) is 5.10 Å². The molecule has 0 aliphatic rings. The first-order chi connectivity index (χ1) is 22.7. The summed E-state index contributed by atoms with van der Waals surface area (Å²) in [5.74, 6) is -0.116. The third-order valence-corrected chi connectivity index (χ3v) is 8.01. The van der Waals surface area contributed by atoms with E-state index < -0.39 is 0 Å². The maximum absolute atomic E-state index is 12.8. The summed E-state index contributed by atoms with van der Waals surface area (Å²) in [5.41, 5.74) is 10.1. The van der Waals surface area contributed by atoms with E-state index in [1.165, 1.54) is 23.1 Å². The van der Waals surface area contributed by atoms with Crippen molar-refractivity contribution in [2.75, 3.05) is 23.8 Å². The minimum Gasteiger partial charge on any atom is -0.490 e. The Kier molecular flexibility index (Phi) is 10.9. The monoisotopic (exact) mass is 667 g/mol. The Bertz CT molecular complexity index is 1910. The summed E-state index contributed by atoms with van der Waals surface area (Å²) in [6, 6.07) is 24.4. The zero-order valence-electron chi connectivity index (χ0n) is 26.4. The number of hydrogen-bond donors (Lipinski definition) is 3. The van der Waals surface area contributed by atoms with Crippen LogP contribution >= 0.6 is 22.9 Å². The van der Waals surface area contributed by atoms with Crippen molar-refractivity contribution in [2.45, 2.75) is 27.7 Å². The van der Waals surface area contributed by atoms with Gasteiger partial charge >= 0.3 is 0 Å². The van der Waals surface area contributed by atoms with Crippen LogP contribution in [0.1, 0.15) is 39.5 Å². The van der Waals surface area contributed by atoms with Crippen LogP contribution < -0.4 is 25.5 Å². The van der Waals surface area contributed by atoms with Gasteiger partial charge in [-0.15, -0.1) is 11.3 Å². The van der Waals surface area contributed by atoms with Gasteiger partial charge in [0.15, 0.2) is 23.2 Å². The molecule has 1 aromatic heterocycles. The van der Waals surface area contributed by atoms with Crippen LogP contribution in [-0.2, 0) is 4.79 Å². The Morgan fingerprint density at radius 1 is 0.936 bits per heavy atom. The summed E-state index contributed by atoms with van der Waals surface area (Å²) in [7, 11) is 0. The topological polar surface area (TPSA) is 114 Å². The molecule has 0 aliphatic carbocycles. The lowest BCUT2D eigenvalue weighted by Gasteiger charge is -2.15. The highest BCUT2D eigenvalue weighted by molar-refractivity contribution is 7.14. The molecule has 11 heteroatoms. The number of anilines is 3. The fraction of sp³-hybridized carbons (Fsp3) is 0.167. The van der Waals surface area contributed by atoms with Crippen LogP contribution in [0.2, 0.25) is 5.02 Å². The number of ether oxygens (including phenoxy) is 2. The molecule has 0 fully saturated rings. The van der Waals surface area contributed by atoms with E-state index in [9.17, 15) is 9.59 Å². The van der Waals surface area contributed by atoms with Crippen molar-refractivity contribution >= 4 is 57.5 Å². The second kappa shape index (κ2) is 15.4. The highest BCUT2D eigenvalue weighted by atomic mass is 35.5. The molecule has 3 N–H and O–H groups in total. The van der Waals surface area contributed by atoms with Crippen molar-refractivity contribution < 1.29 is 19.1 Å². The number of carbonyl (C=O) groups is 2. The van der Waals surface area contributed by atoms with Crippen molar-refractivity contribution in [3.63, 3.8) is 0 Å². The van der Waals surface area contributed by atoms with E-state index in [4.69, 9.17) is 21.1 Å². The number of carbonyl (C=O) groups excluding carboxylic acids is 2. The maximum Gasteiger partial charge on any atom is 0.271 e. The highest BCUT2D eigenvalue weighted by Crippen LogP contribution is 2.36. The third-order valence-electron chi connectivity index (χ3n) is 6.98. The number of rotatable bonds is 12. The van der Waals surface area contributed by atoms with E-state index >= 15 is 0 Å². The van der Waals surface area contributed by atoms with E-state index in [2.05, 4.69) is 26.1 Å². The standard InChI is InChI=1S/C36H34ClN5O4S/c1-5-45-32-18-25(17-29(37)34(32)46-20-33(43)40-30-16-23(3)6-9-24(30)4)19-38-42-35(44)27-12-10-26(11-13-27)31-21-47-36(41-31)39-28-14-7-22(2)8-15-28/h6-19,21H,5,20H2,1-4H3,(H,39,41)(H,40,43)(H,42,44)/b38-19+. The van der Waals surface area contributed by atoms with Crippen LogP contribution in [0.15, 0.2) is 89.3 Å². The molecule has 0 aliphatic heterocycles. The summed E-state index contributed by atoms with van der Waals surface area (Å²) >= 11 is 8.02. The number of nitrogens with one attached hydrogen (secondary N) is 3. The van der Waals surface area contributed by atoms with Gasteiger partial charge in [-0.1, -0.05) is 53.6 Å². The minimum absolute atomic E-state index is 0.234. The predicted molar refractivity (Wildman–Crippen MR) is 190 cm³/mol. The van der Waals surface area contributed by atoms with Crippen LogP contribution in [-0.4, -0.2) is 36.2 Å². The van der Waals surface area contributed by atoms with Gasteiger partial charge in [-0.3, -0.25) is 9.59 Å².